The van der Waals surface area contributed by atoms with Crippen LogP contribution in [0.5, 0.6) is 0 Å². The third kappa shape index (κ3) is 3.08. The molecule has 0 spiro atoms. The highest BCUT2D eigenvalue weighted by Crippen LogP contribution is 2.23. The number of aldehydes is 1. The second-order valence-corrected chi connectivity index (χ2v) is 4.90. The number of carbonyl (C=O) groups excluding carboxylic acids is 2. The summed E-state index contributed by atoms with van der Waals surface area (Å²) >= 11 is 5.81. The third-order valence-corrected chi connectivity index (χ3v) is 3.15. The van der Waals surface area contributed by atoms with Crippen LogP contribution >= 0.6 is 11.6 Å². The van der Waals surface area contributed by atoms with Crippen molar-refractivity contribution >= 4 is 29.4 Å². The van der Waals surface area contributed by atoms with Crippen LogP contribution < -0.4 is 5.32 Å². The summed E-state index contributed by atoms with van der Waals surface area (Å²) in [5.74, 6) is 0.222. The van der Waals surface area contributed by atoms with E-state index < -0.39 is 6.10 Å². The van der Waals surface area contributed by atoms with Crippen LogP contribution in [-0.2, 0) is 14.3 Å². The summed E-state index contributed by atoms with van der Waals surface area (Å²) in [4.78, 5) is 23.1. The SMILES string of the molecule is CC1=CC(=O)C(=C(C)Nc2ccc(Cl)cc2)C(C=O)O1. The lowest BCUT2D eigenvalue weighted by Gasteiger charge is -2.23. The average Bonchev–Trinajstić information content (AvgIpc) is 2.40. The molecule has 104 valence electrons. The van der Waals surface area contributed by atoms with Crippen molar-refractivity contribution in [1.29, 1.82) is 0 Å². The summed E-state index contributed by atoms with van der Waals surface area (Å²) in [6.07, 6.45) is 1.13. The van der Waals surface area contributed by atoms with Gasteiger partial charge in [0.2, 0.25) is 0 Å². The van der Waals surface area contributed by atoms with E-state index in [1.165, 1.54) is 6.08 Å². The predicted molar refractivity (Wildman–Crippen MR) is 77.5 cm³/mol. The van der Waals surface area contributed by atoms with E-state index in [2.05, 4.69) is 5.32 Å². The molecule has 1 aliphatic heterocycles. The van der Waals surface area contributed by atoms with Crippen molar-refractivity contribution in [1.82, 2.24) is 0 Å². The Morgan fingerprint density at radius 2 is 2.00 bits per heavy atom. The minimum atomic E-state index is -0.868. The highest BCUT2D eigenvalue weighted by Gasteiger charge is 2.28. The first-order valence-corrected chi connectivity index (χ1v) is 6.47. The fourth-order valence-corrected chi connectivity index (χ4v) is 2.13. The van der Waals surface area contributed by atoms with Crippen molar-refractivity contribution in [2.45, 2.75) is 20.0 Å². The normalized spacial score (nSPS) is 20.9. The number of anilines is 1. The number of hydrogen-bond donors (Lipinski definition) is 1. The number of nitrogens with one attached hydrogen (secondary N) is 1. The standard InChI is InChI=1S/C15H14ClNO3/c1-9-7-13(19)15(14(8-18)20-9)10(2)17-12-5-3-11(16)4-6-12/h3-8,14,17H,1-2H3. The maximum Gasteiger partial charge on any atom is 0.191 e. The maximum absolute atomic E-state index is 12.0. The maximum atomic E-state index is 12.0. The Kier molecular flexibility index (Phi) is 4.25. The molecule has 1 aromatic rings. The molecule has 1 aromatic carbocycles. The summed E-state index contributed by atoms with van der Waals surface area (Å²) in [5.41, 5.74) is 1.68. The number of rotatable bonds is 3. The Balaban J connectivity index is 2.32. The van der Waals surface area contributed by atoms with Crippen molar-refractivity contribution in [2.24, 2.45) is 0 Å². The van der Waals surface area contributed by atoms with Gasteiger partial charge in [-0.1, -0.05) is 11.6 Å². The van der Waals surface area contributed by atoms with Gasteiger partial charge < -0.3 is 10.1 Å². The molecule has 20 heavy (non-hydrogen) atoms. The zero-order chi connectivity index (χ0) is 14.7. The smallest absolute Gasteiger partial charge is 0.191 e. The number of benzene rings is 1. The zero-order valence-corrected chi connectivity index (χ0v) is 11.9. The second kappa shape index (κ2) is 5.92. The van der Waals surface area contributed by atoms with Gasteiger partial charge in [0.1, 0.15) is 0 Å². The van der Waals surface area contributed by atoms with Crippen LogP contribution in [0.1, 0.15) is 13.8 Å². The quantitative estimate of drug-likeness (QED) is 0.687. The van der Waals surface area contributed by atoms with Crippen LogP contribution in [0.15, 0.2) is 47.4 Å². The fraction of sp³-hybridized carbons (Fsp3) is 0.200. The molecule has 1 atom stereocenters. The Morgan fingerprint density at radius 1 is 1.35 bits per heavy atom. The van der Waals surface area contributed by atoms with Crippen LogP contribution in [0.25, 0.3) is 0 Å². The number of hydrogen-bond acceptors (Lipinski definition) is 4. The molecule has 0 aliphatic carbocycles. The van der Waals surface area contributed by atoms with Crippen LogP contribution in [0.4, 0.5) is 5.69 Å². The van der Waals surface area contributed by atoms with E-state index in [0.717, 1.165) is 5.69 Å². The van der Waals surface area contributed by atoms with Gasteiger partial charge in [0.25, 0.3) is 0 Å². The van der Waals surface area contributed by atoms with Gasteiger partial charge in [-0.25, -0.2) is 0 Å². The van der Waals surface area contributed by atoms with Crippen molar-refractivity contribution in [3.8, 4) is 0 Å². The van der Waals surface area contributed by atoms with E-state index in [-0.39, 0.29) is 5.78 Å². The molecule has 1 N–H and O–H groups in total. The highest BCUT2D eigenvalue weighted by molar-refractivity contribution is 6.30. The summed E-state index contributed by atoms with van der Waals surface area (Å²) < 4.78 is 5.35. The van der Waals surface area contributed by atoms with Gasteiger partial charge in [-0.2, -0.15) is 0 Å². The number of halogens is 1. The van der Waals surface area contributed by atoms with E-state index in [1.54, 1.807) is 38.1 Å². The van der Waals surface area contributed by atoms with E-state index >= 15 is 0 Å². The molecule has 0 fully saturated rings. The van der Waals surface area contributed by atoms with Crippen LogP contribution in [0.2, 0.25) is 5.02 Å². The van der Waals surface area contributed by atoms with Gasteiger partial charge in [0, 0.05) is 22.5 Å². The number of allylic oxidation sites excluding steroid dienone is 3. The molecule has 4 nitrogen and oxygen atoms in total. The molecule has 1 aliphatic rings. The number of carbonyl (C=O) groups is 2. The molecule has 0 saturated carbocycles. The molecular weight excluding hydrogens is 278 g/mol. The van der Waals surface area contributed by atoms with Crippen molar-refractivity contribution < 1.29 is 14.3 Å². The number of ether oxygens (including phenoxy) is 1. The van der Waals surface area contributed by atoms with Crippen molar-refractivity contribution in [2.75, 3.05) is 5.32 Å². The summed E-state index contributed by atoms with van der Waals surface area (Å²) in [5, 5.41) is 3.71. The molecule has 0 saturated heterocycles. The van der Waals surface area contributed by atoms with Crippen LogP contribution in [0.3, 0.4) is 0 Å². The molecule has 2 rings (SSSR count). The summed E-state index contributed by atoms with van der Waals surface area (Å²) in [6, 6.07) is 7.06. The molecule has 1 unspecified atom stereocenters. The minimum absolute atomic E-state index is 0.218. The van der Waals surface area contributed by atoms with Crippen LogP contribution in [-0.4, -0.2) is 18.2 Å². The van der Waals surface area contributed by atoms with E-state index in [4.69, 9.17) is 16.3 Å². The molecular formula is C15H14ClNO3. The lowest BCUT2D eigenvalue weighted by Crippen LogP contribution is -2.28. The third-order valence-electron chi connectivity index (χ3n) is 2.90. The molecule has 0 amide bonds. The lowest BCUT2D eigenvalue weighted by atomic mass is 10.0. The van der Waals surface area contributed by atoms with E-state index in [9.17, 15) is 9.59 Å². The zero-order valence-electron chi connectivity index (χ0n) is 11.1. The minimum Gasteiger partial charge on any atom is -0.482 e. The predicted octanol–water partition coefficient (Wildman–Crippen LogP) is 3.10. The largest absolute Gasteiger partial charge is 0.482 e. The highest BCUT2D eigenvalue weighted by atomic mass is 35.5. The van der Waals surface area contributed by atoms with Gasteiger partial charge in [-0.05, 0) is 38.1 Å². The van der Waals surface area contributed by atoms with E-state index in [1.807, 2.05) is 0 Å². The lowest BCUT2D eigenvalue weighted by molar-refractivity contribution is -0.120. The molecule has 0 radical (unpaired) electrons. The monoisotopic (exact) mass is 291 g/mol. The first kappa shape index (κ1) is 14.3. The van der Waals surface area contributed by atoms with Crippen molar-refractivity contribution in [3.05, 3.63) is 52.4 Å². The first-order valence-electron chi connectivity index (χ1n) is 6.09. The summed E-state index contributed by atoms with van der Waals surface area (Å²) in [7, 11) is 0. The first-order chi connectivity index (χ1) is 9.51. The van der Waals surface area contributed by atoms with Gasteiger partial charge >= 0.3 is 0 Å². The molecule has 0 bridgehead atoms. The van der Waals surface area contributed by atoms with Gasteiger partial charge in [0.15, 0.2) is 18.2 Å². The Hall–Kier alpha value is -2.07. The molecule has 1 heterocycles. The topological polar surface area (TPSA) is 55.4 Å². The van der Waals surface area contributed by atoms with Gasteiger partial charge in [-0.3, -0.25) is 9.59 Å². The Morgan fingerprint density at radius 3 is 2.60 bits per heavy atom. The van der Waals surface area contributed by atoms with E-state index in [0.29, 0.717) is 28.3 Å². The van der Waals surface area contributed by atoms with Gasteiger partial charge in [-0.15, -0.1) is 0 Å². The second-order valence-electron chi connectivity index (χ2n) is 4.46. The average molecular weight is 292 g/mol. The molecule has 0 aromatic heterocycles. The fourth-order valence-electron chi connectivity index (χ4n) is 2.01. The number of ketones is 1. The van der Waals surface area contributed by atoms with Crippen LogP contribution in [0, 0.1) is 0 Å². The molecule has 5 heteroatoms. The van der Waals surface area contributed by atoms with Crippen molar-refractivity contribution in [3.63, 3.8) is 0 Å². The van der Waals surface area contributed by atoms with Gasteiger partial charge in [0.05, 0.1) is 11.3 Å². The Labute approximate surface area is 122 Å². The Bertz CT molecular complexity index is 602. The summed E-state index contributed by atoms with van der Waals surface area (Å²) in [6.45, 7) is 3.38.